The van der Waals surface area contributed by atoms with Crippen molar-refractivity contribution in [2.75, 3.05) is 26.8 Å². The molecule has 0 aromatic heterocycles. The molecule has 1 heterocycles. The first-order valence-electron chi connectivity index (χ1n) is 6.56. The molecule has 1 amide bonds. The Morgan fingerprint density at radius 1 is 1.32 bits per heavy atom. The van der Waals surface area contributed by atoms with E-state index in [1.54, 1.807) is 18.2 Å². The molecule has 1 atom stereocenters. The first kappa shape index (κ1) is 13.7. The molecule has 0 radical (unpaired) electrons. The highest BCUT2D eigenvalue weighted by molar-refractivity contribution is 5.94. The van der Waals surface area contributed by atoms with E-state index in [1.807, 2.05) is 14.0 Å². The van der Waals surface area contributed by atoms with Crippen LogP contribution in [0.15, 0.2) is 18.2 Å². The van der Waals surface area contributed by atoms with Crippen LogP contribution >= 0.6 is 0 Å². The second-order valence-corrected chi connectivity index (χ2v) is 4.61. The summed E-state index contributed by atoms with van der Waals surface area (Å²) in [6.07, 6.45) is 0.857. The number of amides is 1. The van der Waals surface area contributed by atoms with Gasteiger partial charge in [-0.15, -0.1) is 0 Å². The molecule has 104 valence electrons. The summed E-state index contributed by atoms with van der Waals surface area (Å²) in [5.74, 6) is 1.25. The van der Waals surface area contributed by atoms with E-state index in [-0.39, 0.29) is 11.9 Å². The summed E-state index contributed by atoms with van der Waals surface area (Å²) >= 11 is 0. The van der Waals surface area contributed by atoms with Gasteiger partial charge in [0.1, 0.15) is 0 Å². The highest BCUT2D eigenvalue weighted by atomic mass is 16.5. The molecule has 1 unspecified atom stereocenters. The molecular formula is C14H20N2O3. The zero-order valence-corrected chi connectivity index (χ0v) is 11.4. The van der Waals surface area contributed by atoms with Crippen LogP contribution in [-0.2, 0) is 0 Å². The van der Waals surface area contributed by atoms with Gasteiger partial charge in [0.25, 0.3) is 5.91 Å². The van der Waals surface area contributed by atoms with Gasteiger partial charge in [-0.25, -0.2) is 0 Å². The highest BCUT2D eigenvalue weighted by Gasteiger charge is 2.14. The molecule has 2 rings (SSSR count). The third-order valence-corrected chi connectivity index (χ3v) is 3.07. The standard InChI is InChI=1S/C14H20N2O3/c1-10(15-2)9-16-14(17)11-4-5-12-13(8-11)19-7-3-6-18-12/h4-5,8,10,15H,3,6-7,9H2,1-2H3,(H,16,17). The van der Waals surface area contributed by atoms with Crippen molar-refractivity contribution in [1.82, 2.24) is 10.6 Å². The van der Waals surface area contributed by atoms with Gasteiger partial charge < -0.3 is 20.1 Å². The van der Waals surface area contributed by atoms with Gasteiger partial charge in [-0.2, -0.15) is 0 Å². The highest BCUT2D eigenvalue weighted by Crippen LogP contribution is 2.30. The summed E-state index contributed by atoms with van der Waals surface area (Å²) in [5.41, 5.74) is 0.590. The molecule has 1 aromatic rings. The van der Waals surface area contributed by atoms with Gasteiger partial charge in [-0.3, -0.25) is 4.79 Å². The Kier molecular flexibility index (Phi) is 4.63. The van der Waals surface area contributed by atoms with E-state index in [0.717, 1.165) is 6.42 Å². The maximum absolute atomic E-state index is 12.0. The van der Waals surface area contributed by atoms with Crippen molar-refractivity contribution in [1.29, 1.82) is 0 Å². The van der Waals surface area contributed by atoms with E-state index in [2.05, 4.69) is 10.6 Å². The molecule has 0 saturated carbocycles. The minimum Gasteiger partial charge on any atom is -0.490 e. The number of nitrogens with one attached hydrogen (secondary N) is 2. The van der Waals surface area contributed by atoms with Crippen LogP contribution in [0.5, 0.6) is 11.5 Å². The second kappa shape index (κ2) is 6.43. The predicted octanol–water partition coefficient (Wildman–Crippen LogP) is 1.19. The first-order valence-corrected chi connectivity index (χ1v) is 6.56. The lowest BCUT2D eigenvalue weighted by atomic mass is 10.2. The molecule has 1 aliphatic heterocycles. The summed E-state index contributed by atoms with van der Waals surface area (Å²) in [6.45, 7) is 3.87. The molecule has 19 heavy (non-hydrogen) atoms. The lowest BCUT2D eigenvalue weighted by Gasteiger charge is -2.12. The number of rotatable bonds is 4. The second-order valence-electron chi connectivity index (χ2n) is 4.61. The summed E-state index contributed by atoms with van der Waals surface area (Å²) in [6, 6.07) is 5.52. The van der Waals surface area contributed by atoms with E-state index in [9.17, 15) is 4.79 Å². The summed E-state index contributed by atoms with van der Waals surface area (Å²) in [7, 11) is 1.87. The average molecular weight is 264 g/mol. The zero-order valence-electron chi connectivity index (χ0n) is 11.4. The van der Waals surface area contributed by atoms with Crippen LogP contribution in [0.4, 0.5) is 0 Å². The van der Waals surface area contributed by atoms with Crippen molar-refractivity contribution in [3.8, 4) is 11.5 Å². The molecule has 1 aromatic carbocycles. The lowest BCUT2D eigenvalue weighted by molar-refractivity contribution is 0.0950. The molecule has 2 N–H and O–H groups in total. The third-order valence-electron chi connectivity index (χ3n) is 3.07. The molecular weight excluding hydrogens is 244 g/mol. The summed E-state index contributed by atoms with van der Waals surface area (Å²) < 4.78 is 11.1. The van der Waals surface area contributed by atoms with Gasteiger partial charge >= 0.3 is 0 Å². The number of carbonyl (C=O) groups is 1. The van der Waals surface area contributed by atoms with Crippen LogP contribution in [0.25, 0.3) is 0 Å². The largest absolute Gasteiger partial charge is 0.490 e. The molecule has 0 fully saturated rings. The maximum Gasteiger partial charge on any atom is 0.251 e. The Morgan fingerprint density at radius 3 is 2.79 bits per heavy atom. The topological polar surface area (TPSA) is 59.6 Å². The quantitative estimate of drug-likeness (QED) is 0.857. The Morgan fingerprint density at radius 2 is 2.05 bits per heavy atom. The van der Waals surface area contributed by atoms with Gasteiger partial charge in [0.05, 0.1) is 13.2 Å². The van der Waals surface area contributed by atoms with Gasteiger partial charge in [0.2, 0.25) is 0 Å². The van der Waals surface area contributed by atoms with Gasteiger partial charge in [0.15, 0.2) is 11.5 Å². The van der Waals surface area contributed by atoms with E-state index in [0.29, 0.717) is 36.8 Å². The molecule has 0 spiro atoms. The lowest BCUT2D eigenvalue weighted by Crippen LogP contribution is -2.37. The molecule has 0 saturated heterocycles. The number of hydrogen-bond acceptors (Lipinski definition) is 4. The Hall–Kier alpha value is -1.75. The van der Waals surface area contributed by atoms with Crippen molar-refractivity contribution >= 4 is 5.91 Å². The molecule has 5 nitrogen and oxygen atoms in total. The van der Waals surface area contributed by atoms with E-state index >= 15 is 0 Å². The van der Waals surface area contributed by atoms with E-state index in [4.69, 9.17) is 9.47 Å². The van der Waals surface area contributed by atoms with Gasteiger partial charge in [0, 0.05) is 24.6 Å². The fourth-order valence-corrected chi connectivity index (χ4v) is 1.75. The van der Waals surface area contributed by atoms with Crippen molar-refractivity contribution in [2.45, 2.75) is 19.4 Å². The van der Waals surface area contributed by atoms with Crippen LogP contribution in [0, 0.1) is 0 Å². The smallest absolute Gasteiger partial charge is 0.251 e. The van der Waals surface area contributed by atoms with Gasteiger partial charge in [-0.1, -0.05) is 0 Å². The fraction of sp³-hybridized carbons (Fsp3) is 0.500. The number of ether oxygens (including phenoxy) is 2. The summed E-state index contributed by atoms with van der Waals surface area (Å²) in [5, 5.41) is 5.94. The van der Waals surface area contributed by atoms with Crippen molar-refractivity contribution in [2.24, 2.45) is 0 Å². The molecule has 0 bridgehead atoms. The van der Waals surface area contributed by atoms with Crippen LogP contribution in [0.1, 0.15) is 23.7 Å². The Bertz CT molecular complexity index is 448. The number of carbonyl (C=O) groups excluding carboxylic acids is 1. The Balaban J connectivity index is 2.04. The maximum atomic E-state index is 12.0. The van der Waals surface area contributed by atoms with Gasteiger partial charge in [-0.05, 0) is 32.2 Å². The Labute approximate surface area is 113 Å². The van der Waals surface area contributed by atoms with E-state index < -0.39 is 0 Å². The number of likely N-dealkylation sites (N-methyl/N-ethyl adjacent to an activating group) is 1. The van der Waals surface area contributed by atoms with Crippen molar-refractivity contribution in [3.05, 3.63) is 23.8 Å². The predicted molar refractivity (Wildman–Crippen MR) is 72.9 cm³/mol. The molecule has 0 aliphatic carbocycles. The molecule has 1 aliphatic rings. The van der Waals surface area contributed by atoms with Crippen LogP contribution < -0.4 is 20.1 Å². The number of fused-ring (bicyclic) bond motifs is 1. The third kappa shape index (κ3) is 3.61. The zero-order chi connectivity index (χ0) is 13.7. The van der Waals surface area contributed by atoms with Crippen LogP contribution in [0.2, 0.25) is 0 Å². The van der Waals surface area contributed by atoms with Crippen molar-refractivity contribution < 1.29 is 14.3 Å². The first-order chi connectivity index (χ1) is 9.20. The number of hydrogen-bond donors (Lipinski definition) is 2. The van der Waals surface area contributed by atoms with Crippen LogP contribution in [0.3, 0.4) is 0 Å². The van der Waals surface area contributed by atoms with Crippen molar-refractivity contribution in [3.63, 3.8) is 0 Å². The average Bonchev–Trinajstić information content (AvgIpc) is 2.68. The fourth-order valence-electron chi connectivity index (χ4n) is 1.75. The minimum absolute atomic E-state index is 0.0993. The van der Waals surface area contributed by atoms with Crippen LogP contribution in [-0.4, -0.2) is 38.8 Å². The minimum atomic E-state index is -0.0993. The monoisotopic (exact) mass is 264 g/mol. The number of benzene rings is 1. The van der Waals surface area contributed by atoms with E-state index in [1.165, 1.54) is 0 Å². The molecule has 5 heteroatoms. The SMILES string of the molecule is CNC(C)CNC(=O)c1ccc2c(c1)OCCCO2. The summed E-state index contributed by atoms with van der Waals surface area (Å²) in [4.78, 5) is 12.0. The normalized spacial score (nSPS) is 15.5.